The van der Waals surface area contributed by atoms with Crippen LogP contribution in [-0.2, 0) is 0 Å². The lowest BCUT2D eigenvalue weighted by Crippen LogP contribution is -1.96. The summed E-state index contributed by atoms with van der Waals surface area (Å²) in [6.45, 7) is 0. The summed E-state index contributed by atoms with van der Waals surface area (Å²) in [6.07, 6.45) is 0. The molecule has 0 amide bonds. The van der Waals surface area contributed by atoms with Gasteiger partial charge in [0.1, 0.15) is 5.92 Å². The summed E-state index contributed by atoms with van der Waals surface area (Å²) in [5.74, 6) is 6.72. The molecule has 0 heterocycles. The van der Waals surface area contributed by atoms with Crippen molar-refractivity contribution in [1.29, 1.82) is 5.26 Å². The van der Waals surface area contributed by atoms with E-state index in [1.54, 1.807) is 26.4 Å². The molecule has 0 saturated carbocycles. The molecule has 0 aliphatic heterocycles. The van der Waals surface area contributed by atoms with Crippen molar-refractivity contribution < 1.29 is 9.47 Å². The number of hydrogen-bond acceptors (Lipinski definition) is 3. The Balaban J connectivity index is 2.31. The van der Waals surface area contributed by atoms with Gasteiger partial charge >= 0.3 is 0 Å². The molecule has 21 heavy (non-hydrogen) atoms. The van der Waals surface area contributed by atoms with Crippen molar-refractivity contribution in [3.8, 4) is 29.4 Å². The van der Waals surface area contributed by atoms with Crippen LogP contribution in [-0.4, -0.2) is 14.2 Å². The molecule has 1 atom stereocenters. The normalized spacial score (nSPS) is 10.7. The molecular formula is C18H15NO2. The van der Waals surface area contributed by atoms with Crippen LogP contribution in [0.3, 0.4) is 0 Å². The highest BCUT2D eigenvalue weighted by Crippen LogP contribution is 2.30. The number of ether oxygens (including phenoxy) is 2. The molecule has 0 saturated heterocycles. The first kappa shape index (κ1) is 14.5. The van der Waals surface area contributed by atoms with Gasteiger partial charge in [-0.1, -0.05) is 36.1 Å². The van der Waals surface area contributed by atoms with E-state index in [1.165, 1.54) is 0 Å². The van der Waals surface area contributed by atoms with Gasteiger partial charge in [-0.15, -0.1) is 0 Å². The maximum Gasteiger partial charge on any atom is 0.161 e. The maximum absolute atomic E-state index is 9.32. The number of nitriles is 1. The summed E-state index contributed by atoms with van der Waals surface area (Å²) in [5, 5.41) is 9.32. The van der Waals surface area contributed by atoms with E-state index in [1.807, 2.05) is 36.4 Å². The first-order valence-corrected chi connectivity index (χ1v) is 6.46. The first-order valence-electron chi connectivity index (χ1n) is 6.46. The molecule has 1 unspecified atom stereocenters. The average Bonchev–Trinajstić information content (AvgIpc) is 2.56. The summed E-state index contributed by atoms with van der Waals surface area (Å²) >= 11 is 0. The number of hydrogen-bond donors (Lipinski definition) is 0. The predicted molar refractivity (Wildman–Crippen MR) is 81.2 cm³/mol. The minimum absolute atomic E-state index is 0.509. The van der Waals surface area contributed by atoms with E-state index in [2.05, 4.69) is 17.9 Å². The Morgan fingerprint density at radius 1 is 0.952 bits per heavy atom. The Morgan fingerprint density at radius 3 is 2.29 bits per heavy atom. The van der Waals surface area contributed by atoms with Crippen molar-refractivity contribution in [3.05, 3.63) is 59.7 Å². The van der Waals surface area contributed by atoms with Crippen LogP contribution in [0.2, 0.25) is 0 Å². The molecule has 2 aromatic carbocycles. The molecular weight excluding hydrogens is 262 g/mol. The third-order valence-corrected chi connectivity index (χ3v) is 3.00. The van der Waals surface area contributed by atoms with Gasteiger partial charge in [-0.2, -0.15) is 5.26 Å². The lowest BCUT2D eigenvalue weighted by atomic mass is 10.00. The van der Waals surface area contributed by atoms with Crippen molar-refractivity contribution >= 4 is 0 Å². The standard InChI is InChI=1S/C18H15NO2/c1-20-17-11-10-15(12-18(17)21-2)16(13-19)9-8-14-6-4-3-5-7-14/h3-7,10-12,16H,1-2H3. The van der Waals surface area contributed by atoms with Gasteiger partial charge in [0.15, 0.2) is 11.5 Å². The predicted octanol–water partition coefficient (Wildman–Crippen LogP) is 3.36. The lowest BCUT2D eigenvalue weighted by molar-refractivity contribution is 0.354. The molecule has 2 rings (SSSR count). The van der Waals surface area contributed by atoms with Gasteiger partial charge in [0.2, 0.25) is 0 Å². The van der Waals surface area contributed by atoms with Crippen molar-refractivity contribution in [2.75, 3.05) is 14.2 Å². The van der Waals surface area contributed by atoms with Crippen LogP contribution in [0.5, 0.6) is 11.5 Å². The van der Waals surface area contributed by atoms with Crippen molar-refractivity contribution in [2.45, 2.75) is 5.92 Å². The van der Waals surface area contributed by atoms with Gasteiger partial charge in [-0.3, -0.25) is 0 Å². The Kier molecular flexibility index (Phi) is 4.85. The Hall–Kier alpha value is -2.91. The highest BCUT2D eigenvalue weighted by molar-refractivity contribution is 5.48. The SMILES string of the molecule is COc1ccc(C(C#N)C#Cc2ccccc2)cc1OC. The third kappa shape index (κ3) is 3.55. The molecule has 0 radical (unpaired) electrons. The number of benzene rings is 2. The quantitative estimate of drug-likeness (QED) is 0.808. The van der Waals surface area contributed by atoms with Crippen LogP contribution in [0.15, 0.2) is 48.5 Å². The molecule has 0 aromatic heterocycles. The van der Waals surface area contributed by atoms with Gasteiger partial charge in [0.25, 0.3) is 0 Å². The fourth-order valence-electron chi connectivity index (χ4n) is 1.90. The Labute approximate surface area is 124 Å². The van der Waals surface area contributed by atoms with Gasteiger partial charge < -0.3 is 9.47 Å². The summed E-state index contributed by atoms with van der Waals surface area (Å²) in [4.78, 5) is 0. The fraction of sp³-hybridized carbons (Fsp3) is 0.167. The molecule has 0 aliphatic rings. The third-order valence-electron chi connectivity index (χ3n) is 3.00. The second kappa shape index (κ2) is 7.03. The molecule has 0 N–H and O–H groups in total. The van der Waals surface area contributed by atoms with E-state index in [4.69, 9.17) is 9.47 Å². The first-order chi connectivity index (χ1) is 10.3. The number of rotatable bonds is 3. The van der Waals surface area contributed by atoms with Crippen LogP contribution in [0.25, 0.3) is 0 Å². The highest BCUT2D eigenvalue weighted by atomic mass is 16.5. The highest BCUT2D eigenvalue weighted by Gasteiger charge is 2.11. The molecule has 2 aromatic rings. The van der Waals surface area contributed by atoms with Crippen LogP contribution in [0.1, 0.15) is 17.0 Å². The van der Waals surface area contributed by atoms with E-state index >= 15 is 0 Å². The molecule has 3 heteroatoms. The van der Waals surface area contributed by atoms with Crippen molar-refractivity contribution in [2.24, 2.45) is 0 Å². The van der Waals surface area contributed by atoms with Crippen LogP contribution < -0.4 is 9.47 Å². The molecule has 0 bridgehead atoms. The lowest BCUT2D eigenvalue weighted by Gasteiger charge is -2.10. The monoisotopic (exact) mass is 277 g/mol. The van der Waals surface area contributed by atoms with E-state index < -0.39 is 5.92 Å². The molecule has 0 aliphatic carbocycles. The Bertz CT molecular complexity index is 705. The fourth-order valence-corrected chi connectivity index (χ4v) is 1.90. The molecule has 104 valence electrons. The Morgan fingerprint density at radius 2 is 1.67 bits per heavy atom. The summed E-state index contributed by atoms with van der Waals surface area (Å²) < 4.78 is 10.4. The van der Waals surface area contributed by atoms with Crippen LogP contribution in [0, 0.1) is 23.2 Å². The number of methoxy groups -OCH3 is 2. The van der Waals surface area contributed by atoms with Crippen LogP contribution in [0.4, 0.5) is 0 Å². The molecule has 0 spiro atoms. The van der Waals surface area contributed by atoms with E-state index in [-0.39, 0.29) is 0 Å². The summed E-state index contributed by atoms with van der Waals surface area (Å²) in [5.41, 5.74) is 1.68. The minimum Gasteiger partial charge on any atom is -0.493 e. The zero-order chi connectivity index (χ0) is 15.1. The van der Waals surface area contributed by atoms with Gasteiger partial charge in [-0.05, 0) is 29.8 Å². The van der Waals surface area contributed by atoms with E-state index in [0.717, 1.165) is 11.1 Å². The van der Waals surface area contributed by atoms with Crippen molar-refractivity contribution in [3.63, 3.8) is 0 Å². The minimum atomic E-state index is -0.509. The largest absolute Gasteiger partial charge is 0.493 e. The zero-order valence-electron chi connectivity index (χ0n) is 12.0. The van der Waals surface area contributed by atoms with Crippen molar-refractivity contribution in [1.82, 2.24) is 0 Å². The zero-order valence-corrected chi connectivity index (χ0v) is 12.0. The average molecular weight is 277 g/mol. The van der Waals surface area contributed by atoms with E-state index in [9.17, 15) is 5.26 Å². The second-order valence-electron chi connectivity index (χ2n) is 4.31. The van der Waals surface area contributed by atoms with Gasteiger partial charge in [0, 0.05) is 5.56 Å². The summed E-state index contributed by atoms with van der Waals surface area (Å²) in [6, 6.07) is 17.2. The smallest absolute Gasteiger partial charge is 0.161 e. The topological polar surface area (TPSA) is 42.2 Å². The second-order valence-corrected chi connectivity index (χ2v) is 4.31. The van der Waals surface area contributed by atoms with Crippen LogP contribution >= 0.6 is 0 Å². The maximum atomic E-state index is 9.32. The molecule has 3 nitrogen and oxygen atoms in total. The molecule has 0 fully saturated rings. The number of nitrogens with zero attached hydrogens (tertiary/aromatic N) is 1. The van der Waals surface area contributed by atoms with Gasteiger partial charge in [0.05, 0.1) is 20.3 Å². The summed E-state index contributed by atoms with van der Waals surface area (Å²) in [7, 11) is 3.15. The van der Waals surface area contributed by atoms with Gasteiger partial charge in [-0.25, -0.2) is 0 Å². The van der Waals surface area contributed by atoms with E-state index in [0.29, 0.717) is 11.5 Å².